The first-order valence-electron chi connectivity index (χ1n) is 7.15. The zero-order valence-corrected chi connectivity index (χ0v) is 12.6. The van der Waals surface area contributed by atoms with Crippen molar-refractivity contribution in [2.75, 3.05) is 26.2 Å². The minimum absolute atomic E-state index is 0.0119. The average molecular weight is 290 g/mol. The SMILES string of the molecule is CC(=O)c1cccc(OCC(=O)N2CCC(C)(CN)C2)c1. The van der Waals surface area contributed by atoms with E-state index in [2.05, 4.69) is 6.92 Å². The Morgan fingerprint density at radius 1 is 1.43 bits per heavy atom. The summed E-state index contributed by atoms with van der Waals surface area (Å²) >= 11 is 0. The summed E-state index contributed by atoms with van der Waals surface area (Å²) in [7, 11) is 0. The van der Waals surface area contributed by atoms with Crippen molar-refractivity contribution >= 4 is 11.7 Å². The molecule has 114 valence electrons. The van der Waals surface area contributed by atoms with E-state index in [0.717, 1.165) is 13.0 Å². The van der Waals surface area contributed by atoms with Gasteiger partial charge in [0.05, 0.1) is 0 Å². The number of carbonyl (C=O) groups excluding carboxylic acids is 2. The Morgan fingerprint density at radius 2 is 2.19 bits per heavy atom. The van der Waals surface area contributed by atoms with E-state index in [0.29, 0.717) is 24.4 Å². The van der Waals surface area contributed by atoms with E-state index in [4.69, 9.17) is 10.5 Å². The summed E-state index contributed by atoms with van der Waals surface area (Å²) in [6.45, 7) is 5.57. The number of benzene rings is 1. The van der Waals surface area contributed by atoms with Gasteiger partial charge in [0.15, 0.2) is 12.4 Å². The van der Waals surface area contributed by atoms with Crippen molar-refractivity contribution in [2.45, 2.75) is 20.3 Å². The number of ketones is 1. The summed E-state index contributed by atoms with van der Waals surface area (Å²) in [6, 6.07) is 6.87. The van der Waals surface area contributed by atoms with Crippen molar-refractivity contribution in [1.29, 1.82) is 0 Å². The molecule has 1 aromatic carbocycles. The molecule has 1 heterocycles. The van der Waals surface area contributed by atoms with Crippen molar-refractivity contribution in [3.63, 3.8) is 0 Å². The summed E-state index contributed by atoms with van der Waals surface area (Å²) < 4.78 is 5.50. The van der Waals surface area contributed by atoms with Crippen LogP contribution in [0, 0.1) is 5.41 Å². The maximum Gasteiger partial charge on any atom is 0.260 e. The summed E-state index contributed by atoms with van der Waals surface area (Å²) in [5.41, 5.74) is 6.34. The van der Waals surface area contributed by atoms with Crippen molar-refractivity contribution in [2.24, 2.45) is 11.1 Å². The van der Waals surface area contributed by atoms with Gasteiger partial charge in [-0.15, -0.1) is 0 Å². The van der Waals surface area contributed by atoms with Crippen LogP contribution in [0.1, 0.15) is 30.6 Å². The fourth-order valence-corrected chi connectivity index (χ4v) is 2.44. The highest BCUT2D eigenvalue weighted by atomic mass is 16.5. The lowest BCUT2D eigenvalue weighted by Gasteiger charge is -2.22. The van der Waals surface area contributed by atoms with Crippen LogP contribution in [-0.4, -0.2) is 42.8 Å². The Hall–Kier alpha value is -1.88. The van der Waals surface area contributed by atoms with Gasteiger partial charge in [0.25, 0.3) is 5.91 Å². The molecule has 1 aromatic rings. The van der Waals surface area contributed by atoms with Crippen LogP contribution in [0.3, 0.4) is 0 Å². The Balaban J connectivity index is 1.90. The van der Waals surface area contributed by atoms with Crippen LogP contribution in [0.2, 0.25) is 0 Å². The molecule has 1 aliphatic rings. The van der Waals surface area contributed by atoms with Gasteiger partial charge in [-0.25, -0.2) is 0 Å². The number of Topliss-reactive ketones (excluding diaryl/α,β-unsaturated/α-hetero) is 1. The number of amides is 1. The second kappa shape index (κ2) is 6.26. The van der Waals surface area contributed by atoms with Gasteiger partial charge in [0.2, 0.25) is 0 Å². The van der Waals surface area contributed by atoms with E-state index in [1.807, 2.05) is 0 Å². The number of likely N-dealkylation sites (tertiary alicyclic amines) is 1. The van der Waals surface area contributed by atoms with Crippen LogP contribution in [0.5, 0.6) is 5.75 Å². The highest BCUT2D eigenvalue weighted by molar-refractivity contribution is 5.94. The lowest BCUT2D eigenvalue weighted by molar-refractivity contribution is -0.132. The number of hydrogen-bond donors (Lipinski definition) is 1. The molecule has 0 radical (unpaired) electrons. The molecule has 0 aromatic heterocycles. The first kappa shape index (κ1) is 15.5. The molecule has 5 heteroatoms. The quantitative estimate of drug-likeness (QED) is 0.833. The molecule has 0 aliphatic carbocycles. The number of hydrogen-bond acceptors (Lipinski definition) is 4. The van der Waals surface area contributed by atoms with Crippen molar-refractivity contribution in [1.82, 2.24) is 4.90 Å². The third-order valence-electron chi connectivity index (χ3n) is 4.01. The normalized spacial score (nSPS) is 21.4. The van der Waals surface area contributed by atoms with Crippen LogP contribution in [0.25, 0.3) is 0 Å². The number of rotatable bonds is 5. The predicted octanol–water partition coefficient (Wildman–Crippen LogP) is 1.47. The molecule has 1 unspecified atom stereocenters. The lowest BCUT2D eigenvalue weighted by Crippen LogP contribution is -2.36. The maximum atomic E-state index is 12.1. The molecular weight excluding hydrogens is 268 g/mol. The van der Waals surface area contributed by atoms with Crippen LogP contribution < -0.4 is 10.5 Å². The third kappa shape index (κ3) is 3.82. The molecule has 1 fully saturated rings. The standard InChI is InChI=1S/C16H22N2O3/c1-12(19)13-4-3-5-14(8-13)21-9-15(20)18-7-6-16(2,10-17)11-18/h3-5,8H,6-7,9-11,17H2,1-2H3. The van der Waals surface area contributed by atoms with E-state index in [1.165, 1.54) is 6.92 Å². The molecule has 2 rings (SSSR count). The molecule has 1 saturated heterocycles. The lowest BCUT2D eigenvalue weighted by atomic mass is 9.90. The number of nitrogens with zero attached hydrogens (tertiary/aromatic N) is 1. The average Bonchev–Trinajstić information content (AvgIpc) is 2.88. The van der Waals surface area contributed by atoms with Gasteiger partial charge in [-0.3, -0.25) is 9.59 Å². The van der Waals surface area contributed by atoms with Crippen LogP contribution in [0.4, 0.5) is 0 Å². The molecular formula is C16H22N2O3. The smallest absolute Gasteiger partial charge is 0.260 e. The van der Waals surface area contributed by atoms with E-state index < -0.39 is 0 Å². The Kier molecular flexibility index (Phi) is 4.63. The minimum Gasteiger partial charge on any atom is -0.484 e. The van der Waals surface area contributed by atoms with Crippen molar-refractivity contribution in [3.8, 4) is 5.75 Å². The number of nitrogens with two attached hydrogens (primary N) is 1. The van der Waals surface area contributed by atoms with Gasteiger partial charge in [-0.1, -0.05) is 19.1 Å². The molecule has 21 heavy (non-hydrogen) atoms. The Labute approximate surface area is 125 Å². The zero-order valence-electron chi connectivity index (χ0n) is 12.6. The van der Waals surface area contributed by atoms with Gasteiger partial charge >= 0.3 is 0 Å². The number of carbonyl (C=O) groups is 2. The first-order valence-corrected chi connectivity index (χ1v) is 7.15. The molecule has 1 aliphatic heterocycles. The fraction of sp³-hybridized carbons (Fsp3) is 0.500. The summed E-state index contributed by atoms with van der Waals surface area (Å²) in [4.78, 5) is 25.2. The summed E-state index contributed by atoms with van der Waals surface area (Å²) in [5, 5.41) is 0. The minimum atomic E-state index is -0.0413. The third-order valence-corrected chi connectivity index (χ3v) is 4.01. The second-order valence-corrected chi connectivity index (χ2v) is 5.95. The van der Waals surface area contributed by atoms with Gasteiger partial charge in [-0.2, -0.15) is 0 Å². The zero-order chi connectivity index (χ0) is 15.5. The Morgan fingerprint density at radius 3 is 2.81 bits per heavy atom. The van der Waals surface area contributed by atoms with Gasteiger partial charge in [-0.05, 0) is 37.4 Å². The van der Waals surface area contributed by atoms with Crippen LogP contribution in [-0.2, 0) is 4.79 Å². The monoisotopic (exact) mass is 290 g/mol. The molecule has 0 spiro atoms. The summed E-state index contributed by atoms with van der Waals surface area (Å²) in [6.07, 6.45) is 0.926. The highest BCUT2D eigenvalue weighted by Gasteiger charge is 2.34. The van der Waals surface area contributed by atoms with Gasteiger partial charge in [0, 0.05) is 18.7 Å². The van der Waals surface area contributed by atoms with Crippen molar-refractivity contribution in [3.05, 3.63) is 29.8 Å². The van der Waals surface area contributed by atoms with E-state index in [1.54, 1.807) is 29.2 Å². The highest BCUT2D eigenvalue weighted by Crippen LogP contribution is 2.28. The largest absolute Gasteiger partial charge is 0.484 e. The predicted molar refractivity (Wildman–Crippen MR) is 80.3 cm³/mol. The van der Waals surface area contributed by atoms with Crippen LogP contribution in [0.15, 0.2) is 24.3 Å². The molecule has 1 amide bonds. The molecule has 5 nitrogen and oxygen atoms in total. The van der Waals surface area contributed by atoms with Gasteiger partial charge in [0.1, 0.15) is 5.75 Å². The van der Waals surface area contributed by atoms with Crippen LogP contribution >= 0.6 is 0 Å². The van der Waals surface area contributed by atoms with E-state index in [-0.39, 0.29) is 23.7 Å². The number of ether oxygens (including phenoxy) is 1. The van der Waals surface area contributed by atoms with Crippen molar-refractivity contribution < 1.29 is 14.3 Å². The molecule has 0 saturated carbocycles. The van der Waals surface area contributed by atoms with E-state index in [9.17, 15) is 9.59 Å². The molecule has 0 bridgehead atoms. The Bertz CT molecular complexity index is 544. The first-order chi connectivity index (χ1) is 9.93. The fourth-order valence-electron chi connectivity index (χ4n) is 2.44. The molecule has 1 atom stereocenters. The van der Waals surface area contributed by atoms with Gasteiger partial charge < -0.3 is 15.4 Å². The van der Waals surface area contributed by atoms with E-state index >= 15 is 0 Å². The molecule has 2 N–H and O–H groups in total. The second-order valence-electron chi connectivity index (χ2n) is 5.95. The topological polar surface area (TPSA) is 72.6 Å². The summed E-state index contributed by atoms with van der Waals surface area (Å²) in [5.74, 6) is 0.474. The maximum absolute atomic E-state index is 12.1.